The summed E-state index contributed by atoms with van der Waals surface area (Å²) in [6.07, 6.45) is 0. The molecule has 0 amide bonds. The molecule has 0 spiro atoms. The molecule has 0 fully saturated rings. The van der Waals surface area contributed by atoms with Crippen LogP contribution in [-0.2, 0) is 0 Å². The van der Waals surface area contributed by atoms with E-state index >= 15 is 0 Å². The van der Waals surface area contributed by atoms with Gasteiger partial charge in [0.1, 0.15) is 23.0 Å². The van der Waals surface area contributed by atoms with Crippen molar-refractivity contribution in [3.63, 3.8) is 0 Å². The van der Waals surface area contributed by atoms with Gasteiger partial charge in [-0.05, 0) is 207 Å². The van der Waals surface area contributed by atoms with E-state index in [2.05, 4.69) is 222 Å². The van der Waals surface area contributed by atoms with Gasteiger partial charge in [0.2, 0.25) is 0 Å². The summed E-state index contributed by atoms with van der Waals surface area (Å²) < 4.78 is 14.1. The molecule has 12 aromatic rings. The Morgan fingerprint density at radius 3 is 1.08 bits per heavy atom. The van der Waals surface area contributed by atoms with Crippen LogP contribution in [0.4, 0.5) is 0 Å². The highest BCUT2D eigenvalue weighted by Gasteiger charge is 2.44. The number of benzene rings is 12. The largest absolute Gasteiger partial charge is 0.458 e. The Morgan fingerprint density at radius 2 is 0.653 bits per heavy atom. The number of ether oxygens (including phenoxy) is 2. The van der Waals surface area contributed by atoms with Gasteiger partial charge in [-0.1, -0.05) is 169 Å². The zero-order valence-electron chi connectivity index (χ0n) is 40.4. The van der Waals surface area contributed by atoms with Crippen LogP contribution in [0.5, 0.6) is 23.0 Å². The van der Waals surface area contributed by atoms with Crippen LogP contribution in [-0.4, -0.2) is 13.4 Å². The van der Waals surface area contributed by atoms with Crippen molar-refractivity contribution in [3.05, 3.63) is 216 Å². The first-order valence-electron chi connectivity index (χ1n) is 25.4. The Bertz CT molecular complexity index is 4100. The molecule has 0 bridgehead atoms. The molecule has 4 aliphatic heterocycles. The first-order valence-corrected chi connectivity index (χ1v) is 25.4. The lowest BCUT2D eigenvalue weighted by Crippen LogP contribution is -2.58. The summed E-state index contributed by atoms with van der Waals surface area (Å²) in [4.78, 5) is 0. The molecular formula is C68H44B2O2. The zero-order valence-corrected chi connectivity index (χ0v) is 40.4. The molecule has 12 aromatic carbocycles. The fourth-order valence-corrected chi connectivity index (χ4v) is 13.6. The first-order chi connectivity index (χ1) is 35.3. The van der Waals surface area contributed by atoms with Crippen LogP contribution in [0.15, 0.2) is 194 Å². The van der Waals surface area contributed by atoms with Gasteiger partial charge in [0.25, 0.3) is 13.4 Å². The molecule has 0 radical (unpaired) electrons. The number of hydrogen-bond acceptors (Lipinski definition) is 2. The van der Waals surface area contributed by atoms with Gasteiger partial charge in [-0.25, -0.2) is 0 Å². The molecule has 334 valence electrons. The van der Waals surface area contributed by atoms with Gasteiger partial charge in [-0.15, -0.1) is 0 Å². The summed E-state index contributed by atoms with van der Waals surface area (Å²) in [5.41, 5.74) is 27.2. The van der Waals surface area contributed by atoms with E-state index in [4.69, 9.17) is 9.47 Å². The summed E-state index contributed by atoms with van der Waals surface area (Å²) in [6.45, 7) is 8.70. The molecule has 0 atom stereocenters. The van der Waals surface area contributed by atoms with E-state index < -0.39 is 0 Å². The lowest BCUT2D eigenvalue weighted by Gasteiger charge is -2.38. The van der Waals surface area contributed by atoms with Crippen molar-refractivity contribution in [2.24, 2.45) is 0 Å². The van der Waals surface area contributed by atoms with Crippen molar-refractivity contribution >= 4 is 78.5 Å². The van der Waals surface area contributed by atoms with Crippen LogP contribution in [0.2, 0.25) is 0 Å². The Kier molecular flexibility index (Phi) is 8.09. The zero-order chi connectivity index (χ0) is 47.7. The van der Waals surface area contributed by atoms with Crippen molar-refractivity contribution in [1.29, 1.82) is 0 Å². The first kappa shape index (κ1) is 40.2. The Labute approximate surface area is 419 Å². The predicted octanol–water partition coefficient (Wildman–Crippen LogP) is 13.7. The molecule has 4 heterocycles. The van der Waals surface area contributed by atoms with Crippen LogP contribution in [0.1, 0.15) is 22.3 Å². The molecule has 2 nitrogen and oxygen atoms in total. The highest BCUT2D eigenvalue weighted by molar-refractivity contribution is 7.01. The standard InChI is InChI=1S/C68H44B2O2/c1-37-23-25-55-59(29-37)71-61-31-39(3)27-53-49-33-48(46-22-14-12-20-44(46)42-17-9-6-10-18-42)52-36-58-64-50(54-28-40(4)32-62-68(54)70(58)56-26-24-38(2)30-60(56)72-62)34-47(45-21-13-11-19-43(45)41-15-7-5-8-16-41)51-35-57(69(55)67(53)61)63(49)65(52)66(51)64/h5-36H,1-4H3. The van der Waals surface area contributed by atoms with Gasteiger partial charge >= 0.3 is 0 Å². The molecule has 0 aromatic heterocycles. The summed E-state index contributed by atoms with van der Waals surface area (Å²) >= 11 is 0. The minimum atomic E-state index is -0.0395. The van der Waals surface area contributed by atoms with Crippen molar-refractivity contribution in [2.45, 2.75) is 27.7 Å². The summed E-state index contributed by atoms with van der Waals surface area (Å²) in [5, 5.41) is 7.89. The quantitative estimate of drug-likeness (QED) is 0.129. The fraction of sp³-hybridized carbons (Fsp3) is 0.0588. The topological polar surface area (TPSA) is 18.5 Å². The van der Waals surface area contributed by atoms with Crippen molar-refractivity contribution in [2.75, 3.05) is 0 Å². The maximum absolute atomic E-state index is 7.04. The van der Waals surface area contributed by atoms with Gasteiger partial charge in [0, 0.05) is 0 Å². The highest BCUT2D eigenvalue weighted by Crippen LogP contribution is 2.52. The summed E-state index contributed by atoms with van der Waals surface area (Å²) in [5.74, 6) is 3.79. The third-order valence-corrected chi connectivity index (χ3v) is 16.5. The van der Waals surface area contributed by atoms with Gasteiger partial charge < -0.3 is 9.47 Å². The molecule has 0 saturated carbocycles. The van der Waals surface area contributed by atoms with E-state index in [-0.39, 0.29) is 13.4 Å². The van der Waals surface area contributed by atoms with Crippen molar-refractivity contribution in [1.82, 2.24) is 0 Å². The molecule has 4 heteroatoms. The van der Waals surface area contributed by atoms with Crippen molar-refractivity contribution < 1.29 is 9.47 Å². The number of aryl methyl sites for hydroxylation is 4. The predicted molar refractivity (Wildman–Crippen MR) is 304 cm³/mol. The van der Waals surface area contributed by atoms with Crippen LogP contribution in [0.3, 0.4) is 0 Å². The minimum Gasteiger partial charge on any atom is -0.458 e. The number of rotatable bonds is 4. The van der Waals surface area contributed by atoms with Crippen LogP contribution in [0.25, 0.3) is 99.1 Å². The lowest BCUT2D eigenvalue weighted by molar-refractivity contribution is 0.486. The highest BCUT2D eigenvalue weighted by atomic mass is 16.5. The smallest absolute Gasteiger partial charge is 0.252 e. The monoisotopic (exact) mass is 914 g/mol. The molecule has 72 heavy (non-hydrogen) atoms. The van der Waals surface area contributed by atoms with E-state index in [9.17, 15) is 0 Å². The van der Waals surface area contributed by atoms with E-state index in [1.165, 1.54) is 154 Å². The second-order valence-corrected chi connectivity index (χ2v) is 20.9. The second kappa shape index (κ2) is 14.5. The van der Waals surface area contributed by atoms with Crippen molar-refractivity contribution in [3.8, 4) is 89.8 Å². The normalized spacial score (nSPS) is 13.2. The second-order valence-electron chi connectivity index (χ2n) is 20.9. The molecule has 16 rings (SSSR count). The van der Waals surface area contributed by atoms with Gasteiger partial charge in [0.05, 0.1) is 0 Å². The molecule has 4 aliphatic rings. The van der Waals surface area contributed by atoms with Gasteiger partial charge in [-0.2, -0.15) is 0 Å². The average Bonchev–Trinajstić information content (AvgIpc) is 3.41. The minimum absolute atomic E-state index is 0.0395. The Balaban J connectivity index is 1.16. The number of hydrogen-bond donors (Lipinski definition) is 0. The van der Waals surface area contributed by atoms with Gasteiger partial charge in [0.15, 0.2) is 0 Å². The molecule has 0 aliphatic carbocycles. The Hall–Kier alpha value is -8.59. The third kappa shape index (κ3) is 5.42. The van der Waals surface area contributed by atoms with Gasteiger partial charge in [-0.3, -0.25) is 0 Å². The van der Waals surface area contributed by atoms with Crippen LogP contribution in [0, 0.1) is 27.7 Å². The summed E-state index contributed by atoms with van der Waals surface area (Å²) in [7, 11) is 0. The molecule has 0 saturated heterocycles. The SMILES string of the molecule is Cc1ccc2c(c1)Oc1cc(C)cc3c1B2c1cc2c(-c4ccccc4-c4ccccc4)cc4c5c(cc6c(-c7ccccc7-c7ccccc7)cc-3c1c6c25)B1c2ccc(C)cc2Oc2cc(C)cc-4c21. The number of fused-ring (bicyclic) bond motifs is 8. The van der Waals surface area contributed by atoms with Crippen LogP contribution >= 0.6 is 0 Å². The third-order valence-electron chi connectivity index (χ3n) is 16.5. The van der Waals surface area contributed by atoms with E-state index in [0.29, 0.717) is 0 Å². The maximum atomic E-state index is 7.04. The maximum Gasteiger partial charge on any atom is 0.252 e. The fourth-order valence-electron chi connectivity index (χ4n) is 13.6. The molecule has 0 N–H and O–H groups in total. The lowest BCUT2D eigenvalue weighted by atomic mass is 9.31. The van der Waals surface area contributed by atoms with Crippen LogP contribution < -0.4 is 42.3 Å². The Morgan fingerprint density at radius 1 is 0.264 bits per heavy atom. The van der Waals surface area contributed by atoms with E-state index in [1.54, 1.807) is 0 Å². The van der Waals surface area contributed by atoms with E-state index in [0.717, 1.165) is 23.0 Å². The summed E-state index contributed by atoms with van der Waals surface area (Å²) in [6, 6.07) is 73.4. The van der Waals surface area contributed by atoms with E-state index in [1.807, 2.05) is 0 Å². The average molecular weight is 915 g/mol. The molecular weight excluding hydrogens is 870 g/mol. The molecule has 0 unspecified atom stereocenters.